The molecule has 1 aromatic heterocycles. The highest BCUT2D eigenvalue weighted by molar-refractivity contribution is 7.83. The van der Waals surface area contributed by atoms with E-state index in [1.54, 1.807) is 12.1 Å². The summed E-state index contributed by atoms with van der Waals surface area (Å²) in [6.45, 7) is 2.38. The van der Waals surface area contributed by atoms with Crippen molar-refractivity contribution >= 4 is 33.8 Å². The van der Waals surface area contributed by atoms with Gasteiger partial charge in [-0.3, -0.25) is 19.6 Å². The molecule has 0 aliphatic heterocycles. The molecule has 1 atom stereocenters. The van der Waals surface area contributed by atoms with Crippen molar-refractivity contribution in [1.82, 2.24) is 14.0 Å². The predicted molar refractivity (Wildman–Crippen MR) is 118 cm³/mol. The molecule has 10 nitrogen and oxygen atoms in total. The summed E-state index contributed by atoms with van der Waals surface area (Å²) < 4.78 is 22.3. The van der Waals surface area contributed by atoms with E-state index in [2.05, 4.69) is 14.9 Å². The van der Waals surface area contributed by atoms with Crippen LogP contribution in [0, 0.1) is 5.92 Å². The zero-order valence-corrected chi connectivity index (χ0v) is 18.6. The predicted octanol–water partition coefficient (Wildman–Crippen LogP) is 0.537. The maximum atomic E-state index is 13.1. The summed E-state index contributed by atoms with van der Waals surface area (Å²) in [6.07, 6.45) is 5.56. The maximum absolute atomic E-state index is 13.1. The summed E-state index contributed by atoms with van der Waals surface area (Å²) in [4.78, 5) is 49.9. The lowest BCUT2D eigenvalue weighted by atomic mass is 10.2. The third-order valence-electron chi connectivity index (χ3n) is 5.60. The number of amides is 1. The van der Waals surface area contributed by atoms with Crippen LogP contribution in [0.5, 0.6) is 0 Å². The summed E-state index contributed by atoms with van der Waals surface area (Å²) in [5.74, 6) is -1.27. The molecule has 2 aliphatic carbocycles. The molecule has 1 aromatic carbocycles. The van der Waals surface area contributed by atoms with Crippen molar-refractivity contribution in [3.8, 4) is 0 Å². The van der Waals surface area contributed by atoms with Crippen LogP contribution in [0.4, 0.5) is 0 Å². The Hall–Kier alpha value is -3.05. The third kappa shape index (κ3) is 4.73. The van der Waals surface area contributed by atoms with Crippen LogP contribution in [-0.2, 0) is 31.9 Å². The number of hydrogen-bond donors (Lipinski definition) is 2. The number of carbonyl (C=O) groups excluding carboxylic acids is 2. The van der Waals surface area contributed by atoms with Gasteiger partial charge in [0.2, 0.25) is 0 Å². The van der Waals surface area contributed by atoms with Crippen LogP contribution in [0.15, 0.2) is 44.8 Å². The van der Waals surface area contributed by atoms with E-state index in [0.29, 0.717) is 27.6 Å². The first kappa shape index (κ1) is 22.2. The first-order valence-electron chi connectivity index (χ1n) is 10.3. The van der Waals surface area contributed by atoms with Crippen LogP contribution in [0.1, 0.15) is 32.6 Å². The molecule has 2 N–H and O–H groups in total. The van der Waals surface area contributed by atoms with E-state index < -0.39 is 34.1 Å². The first-order chi connectivity index (χ1) is 15.2. The highest BCUT2D eigenvalue weighted by atomic mass is 32.2. The van der Waals surface area contributed by atoms with Crippen molar-refractivity contribution in [2.45, 2.75) is 49.6 Å². The van der Waals surface area contributed by atoms with Crippen LogP contribution in [-0.4, -0.2) is 38.0 Å². The number of nitrogens with one attached hydrogen (secondary N) is 2. The second kappa shape index (κ2) is 8.47. The lowest BCUT2D eigenvalue weighted by Gasteiger charge is -2.15. The van der Waals surface area contributed by atoms with E-state index in [0.717, 1.165) is 44.9 Å². The number of carbonyl (C=O) groups is 2. The number of esters is 1. The zero-order valence-electron chi connectivity index (χ0n) is 17.8. The lowest BCUT2D eigenvalue weighted by Crippen LogP contribution is -2.46. The van der Waals surface area contributed by atoms with Crippen molar-refractivity contribution < 1.29 is 18.5 Å². The monoisotopic (exact) mass is 460 g/mol. The lowest BCUT2D eigenvalue weighted by molar-refractivity contribution is -0.135. The summed E-state index contributed by atoms with van der Waals surface area (Å²) in [7, 11) is -0.366. The fraction of sp³-hybridized carbons (Fsp3) is 0.429. The van der Waals surface area contributed by atoms with E-state index in [4.69, 9.17) is 0 Å². The molecular formula is C21H24N4O6S. The van der Waals surface area contributed by atoms with Crippen LogP contribution < -0.4 is 21.4 Å². The molecule has 2 aromatic rings. The number of ether oxygens (including phenoxy) is 1. The van der Waals surface area contributed by atoms with Crippen LogP contribution in [0.3, 0.4) is 0 Å². The van der Waals surface area contributed by atoms with Gasteiger partial charge in [-0.2, -0.15) is 4.68 Å². The molecule has 1 amide bonds. The Bertz CT molecular complexity index is 1270. The van der Waals surface area contributed by atoms with Crippen molar-refractivity contribution in [3.05, 3.63) is 51.2 Å². The minimum atomic E-state index is -1.53. The molecule has 0 saturated heterocycles. The molecule has 0 bridgehead atoms. The van der Waals surface area contributed by atoms with Crippen molar-refractivity contribution in [1.29, 1.82) is 0 Å². The molecule has 0 spiro atoms. The summed E-state index contributed by atoms with van der Waals surface area (Å²) >= 11 is 0. The minimum absolute atomic E-state index is 0.163. The van der Waals surface area contributed by atoms with Gasteiger partial charge in [0.05, 0.1) is 22.9 Å². The topological polar surface area (TPSA) is 128 Å². The second-order valence-corrected chi connectivity index (χ2v) is 9.63. The van der Waals surface area contributed by atoms with E-state index in [-0.39, 0.29) is 10.9 Å². The van der Waals surface area contributed by atoms with Crippen molar-refractivity contribution in [3.63, 3.8) is 0 Å². The second-order valence-electron chi connectivity index (χ2n) is 8.42. The number of nitrogens with zero attached hydrogens (tertiary/aromatic N) is 2. The van der Waals surface area contributed by atoms with Gasteiger partial charge in [0.1, 0.15) is 11.0 Å². The molecule has 2 saturated carbocycles. The quantitative estimate of drug-likeness (QED) is 0.437. The van der Waals surface area contributed by atoms with Gasteiger partial charge in [-0.05, 0) is 56.7 Å². The Morgan fingerprint density at radius 1 is 1.25 bits per heavy atom. The smallest absolute Gasteiger partial charge is 0.350 e. The molecule has 2 aliphatic rings. The van der Waals surface area contributed by atoms with Gasteiger partial charge >= 0.3 is 11.7 Å². The fourth-order valence-electron chi connectivity index (χ4n) is 3.23. The van der Waals surface area contributed by atoms with Gasteiger partial charge in [-0.1, -0.05) is 0 Å². The number of fused-ring (bicyclic) bond motifs is 1. The molecule has 2 fully saturated rings. The first-order valence-corrected chi connectivity index (χ1v) is 11.4. The molecule has 4 rings (SSSR count). The normalized spacial score (nSPS) is 17.9. The van der Waals surface area contributed by atoms with E-state index in [1.165, 1.54) is 10.6 Å². The Morgan fingerprint density at radius 2 is 1.97 bits per heavy atom. The average Bonchev–Trinajstić information content (AvgIpc) is 3.70. The van der Waals surface area contributed by atoms with Gasteiger partial charge < -0.3 is 4.74 Å². The summed E-state index contributed by atoms with van der Waals surface area (Å²) in [5, 5.41) is 0.163. The molecule has 1 unspecified atom stereocenters. The van der Waals surface area contributed by atoms with Gasteiger partial charge in [0.15, 0.2) is 0 Å². The standard InChI is InChI=1S/C21H24N4O6S/c1-21(9-10-21)23-32(30)14-5-6-16-15(11-14)19(28)25(20(29)24(16)12-13-3-4-13)22-17(26)7-8-18(27)31-2/h5-8,11,13,23H,3-4,9-10,12H2,1-2H3,(H,22,26)/b8-7+. The van der Waals surface area contributed by atoms with E-state index >= 15 is 0 Å². The van der Waals surface area contributed by atoms with Gasteiger partial charge in [0.25, 0.3) is 11.5 Å². The highest BCUT2D eigenvalue weighted by Gasteiger charge is 2.38. The molecule has 0 radical (unpaired) electrons. The third-order valence-corrected chi connectivity index (χ3v) is 6.96. The Labute approximate surface area is 185 Å². The van der Waals surface area contributed by atoms with E-state index in [1.807, 2.05) is 6.92 Å². The molecule has 11 heteroatoms. The molecule has 32 heavy (non-hydrogen) atoms. The average molecular weight is 461 g/mol. The Kier molecular flexibility index (Phi) is 5.87. The number of methoxy groups -OCH3 is 1. The van der Waals surface area contributed by atoms with Gasteiger partial charge in [-0.25, -0.2) is 18.5 Å². The number of rotatable bonds is 8. The maximum Gasteiger partial charge on any atom is 0.350 e. The number of benzene rings is 1. The van der Waals surface area contributed by atoms with Crippen LogP contribution in [0.2, 0.25) is 0 Å². The van der Waals surface area contributed by atoms with E-state index in [9.17, 15) is 23.4 Å². The summed E-state index contributed by atoms with van der Waals surface area (Å²) in [6, 6.07) is 4.75. The van der Waals surface area contributed by atoms with Crippen LogP contribution in [0.25, 0.3) is 10.9 Å². The number of hydrogen-bond acceptors (Lipinski definition) is 6. The highest BCUT2D eigenvalue weighted by Crippen LogP contribution is 2.35. The molecule has 170 valence electrons. The summed E-state index contributed by atoms with van der Waals surface area (Å²) in [5.41, 5.74) is 1.04. The SMILES string of the molecule is COC(=O)/C=C/C(=O)Nn1c(=O)c2cc(S(=O)NC3(C)CC3)ccc2n(CC2CC2)c1=O. The molecular weight excluding hydrogens is 436 g/mol. The number of aromatic nitrogens is 2. The minimum Gasteiger partial charge on any atom is -0.466 e. The zero-order chi connectivity index (χ0) is 23.0. The molecule has 1 heterocycles. The van der Waals surface area contributed by atoms with Crippen LogP contribution >= 0.6 is 0 Å². The largest absolute Gasteiger partial charge is 0.466 e. The Morgan fingerprint density at radius 3 is 2.59 bits per heavy atom. The van der Waals surface area contributed by atoms with Crippen molar-refractivity contribution in [2.75, 3.05) is 12.5 Å². The van der Waals surface area contributed by atoms with Gasteiger partial charge in [-0.15, -0.1) is 0 Å². The Balaban J connectivity index is 1.76. The van der Waals surface area contributed by atoms with Gasteiger partial charge in [0, 0.05) is 24.2 Å². The van der Waals surface area contributed by atoms with Crippen molar-refractivity contribution in [2.24, 2.45) is 5.92 Å². The fourth-order valence-corrected chi connectivity index (χ4v) is 4.42.